The number of benzene rings is 3. The van der Waals surface area contributed by atoms with Gasteiger partial charge < -0.3 is 24.0 Å². The molecule has 43 heavy (non-hydrogen) atoms. The van der Waals surface area contributed by atoms with Crippen molar-refractivity contribution >= 4 is 29.1 Å². The van der Waals surface area contributed by atoms with Gasteiger partial charge in [0.25, 0.3) is 0 Å². The Labute approximate surface area is 258 Å². The van der Waals surface area contributed by atoms with Gasteiger partial charge in [-0.1, -0.05) is 29.8 Å². The summed E-state index contributed by atoms with van der Waals surface area (Å²) in [6.07, 6.45) is 5.08. The van der Waals surface area contributed by atoms with Crippen LogP contribution in [0.5, 0.6) is 17.2 Å². The minimum Gasteiger partial charge on any atom is -0.497 e. The van der Waals surface area contributed by atoms with E-state index in [1.807, 2.05) is 59.5 Å². The van der Waals surface area contributed by atoms with E-state index in [0.717, 1.165) is 42.2 Å². The Morgan fingerprint density at radius 1 is 0.860 bits per heavy atom. The largest absolute Gasteiger partial charge is 0.497 e. The number of hydrogen-bond donors (Lipinski definition) is 0. The van der Waals surface area contributed by atoms with Gasteiger partial charge in [-0.2, -0.15) is 0 Å². The van der Waals surface area contributed by atoms with Crippen LogP contribution in [-0.2, 0) is 15.0 Å². The molecule has 2 atom stereocenters. The van der Waals surface area contributed by atoms with Crippen LogP contribution in [0, 0.1) is 11.8 Å². The fraction of sp³-hybridized carbons (Fsp3) is 0.429. The fourth-order valence-electron chi connectivity index (χ4n) is 7.37. The molecular weight excluding hydrogens is 564 g/mol. The SMILES string of the molecule is COc1ccc(N2C(=O)CCC(C(=O)N3CCC(C4(c5cccc(Cl)c5)CC4)CC3)C2c2ccc(OC)c(OC)c2)cc1. The van der Waals surface area contributed by atoms with E-state index in [-0.39, 0.29) is 17.2 Å². The molecule has 3 aromatic rings. The zero-order valence-electron chi connectivity index (χ0n) is 25.1. The number of amides is 2. The van der Waals surface area contributed by atoms with E-state index in [4.69, 9.17) is 25.8 Å². The van der Waals surface area contributed by atoms with Gasteiger partial charge in [0.05, 0.1) is 33.3 Å². The molecule has 2 amide bonds. The van der Waals surface area contributed by atoms with Crippen LogP contribution < -0.4 is 19.1 Å². The van der Waals surface area contributed by atoms with Crippen molar-refractivity contribution in [3.05, 3.63) is 82.9 Å². The minimum absolute atomic E-state index is 0.00935. The molecule has 2 heterocycles. The number of halogens is 1. The molecule has 0 spiro atoms. The third kappa shape index (κ3) is 5.55. The molecule has 6 rings (SSSR count). The summed E-state index contributed by atoms with van der Waals surface area (Å²) < 4.78 is 16.5. The summed E-state index contributed by atoms with van der Waals surface area (Å²) in [5, 5.41) is 0.783. The average molecular weight is 603 g/mol. The Balaban J connectivity index is 1.28. The van der Waals surface area contributed by atoms with Gasteiger partial charge in [-0.25, -0.2) is 0 Å². The second-order valence-corrected chi connectivity index (χ2v) is 12.4. The van der Waals surface area contributed by atoms with Gasteiger partial charge in [0.2, 0.25) is 11.8 Å². The van der Waals surface area contributed by atoms with Crippen LogP contribution in [0.2, 0.25) is 5.02 Å². The summed E-state index contributed by atoms with van der Waals surface area (Å²) >= 11 is 6.35. The van der Waals surface area contributed by atoms with Crippen LogP contribution in [0.4, 0.5) is 5.69 Å². The highest BCUT2D eigenvalue weighted by atomic mass is 35.5. The highest BCUT2D eigenvalue weighted by Crippen LogP contribution is 2.57. The molecule has 0 radical (unpaired) electrons. The number of piperidine rings is 2. The molecule has 2 unspecified atom stereocenters. The average Bonchev–Trinajstić information content (AvgIpc) is 3.86. The van der Waals surface area contributed by atoms with Crippen molar-refractivity contribution in [3.63, 3.8) is 0 Å². The summed E-state index contributed by atoms with van der Waals surface area (Å²) in [7, 11) is 4.81. The molecule has 2 aliphatic heterocycles. The first-order valence-corrected chi connectivity index (χ1v) is 15.5. The number of carbonyl (C=O) groups is 2. The molecule has 0 aromatic heterocycles. The zero-order chi connectivity index (χ0) is 30.1. The molecule has 226 valence electrons. The number of anilines is 1. The molecule has 0 bridgehead atoms. The Morgan fingerprint density at radius 3 is 2.21 bits per heavy atom. The van der Waals surface area contributed by atoms with Crippen molar-refractivity contribution < 1.29 is 23.8 Å². The first kappa shape index (κ1) is 29.4. The van der Waals surface area contributed by atoms with Gasteiger partial charge >= 0.3 is 0 Å². The second kappa shape index (κ2) is 12.1. The molecule has 3 aromatic carbocycles. The lowest BCUT2D eigenvalue weighted by Crippen LogP contribution is -2.51. The van der Waals surface area contributed by atoms with E-state index in [0.29, 0.717) is 36.0 Å². The van der Waals surface area contributed by atoms with E-state index in [1.165, 1.54) is 18.4 Å². The maximum atomic E-state index is 14.4. The number of likely N-dealkylation sites (tertiary alicyclic amines) is 1. The predicted molar refractivity (Wildman–Crippen MR) is 167 cm³/mol. The van der Waals surface area contributed by atoms with Gasteiger partial charge in [-0.05, 0) is 103 Å². The molecule has 7 nitrogen and oxygen atoms in total. The van der Waals surface area contributed by atoms with E-state index in [2.05, 4.69) is 12.1 Å². The predicted octanol–water partition coefficient (Wildman–Crippen LogP) is 6.82. The molecule has 3 aliphatic rings. The van der Waals surface area contributed by atoms with Crippen LogP contribution >= 0.6 is 11.6 Å². The number of rotatable bonds is 8. The Bertz CT molecular complexity index is 1480. The molecule has 0 N–H and O–H groups in total. The van der Waals surface area contributed by atoms with Crippen molar-refractivity contribution in [1.82, 2.24) is 4.90 Å². The van der Waals surface area contributed by atoms with E-state index in [1.54, 1.807) is 26.2 Å². The Hall–Kier alpha value is -3.71. The van der Waals surface area contributed by atoms with Crippen LogP contribution in [0.15, 0.2) is 66.7 Å². The van der Waals surface area contributed by atoms with Gasteiger partial charge in [-0.15, -0.1) is 0 Å². The lowest BCUT2D eigenvalue weighted by molar-refractivity contribution is -0.140. The number of hydrogen-bond acceptors (Lipinski definition) is 5. The highest BCUT2D eigenvalue weighted by molar-refractivity contribution is 6.30. The van der Waals surface area contributed by atoms with Gasteiger partial charge in [0, 0.05) is 30.2 Å². The number of nitrogens with zero attached hydrogens (tertiary/aromatic N) is 2. The standard InChI is InChI=1S/C35H39ClN2O5/c1-41-28-10-8-27(9-11-28)38-32(39)14-12-29(33(38)23-7-13-30(42-2)31(21-23)43-3)34(40)37-19-15-24(16-20-37)35(17-18-35)25-5-4-6-26(36)22-25/h4-11,13,21-22,24,29,33H,12,14-20H2,1-3H3. The van der Waals surface area contributed by atoms with Crippen LogP contribution in [0.3, 0.4) is 0 Å². The third-order valence-corrected chi connectivity index (χ3v) is 10.0. The van der Waals surface area contributed by atoms with E-state index >= 15 is 0 Å². The third-order valence-electron chi connectivity index (χ3n) is 9.79. The van der Waals surface area contributed by atoms with Gasteiger partial charge in [-0.3, -0.25) is 9.59 Å². The summed E-state index contributed by atoms with van der Waals surface area (Å²) in [6, 6.07) is 21.0. The summed E-state index contributed by atoms with van der Waals surface area (Å²) in [5.41, 5.74) is 3.09. The van der Waals surface area contributed by atoms with Crippen molar-refractivity contribution in [2.24, 2.45) is 11.8 Å². The smallest absolute Gasteiger partial charge is 0.228 e. The molecular formula is C35H39ClN2O5. The lowest BCUT2D eigenvalue weighted by Gasteiger charge is -2.44. The second-order valence-electron chi connectivity index (χ2n) is 11.9. The first-order chi connectivity index (χ1) is 20.9. The Kier molecular flexibility index (Phi) is 8.27. The topological polar surface area (TPSA) is 68.3 Å². The quantitative estimate of drug-likeness (QED) is 0.283. The number of methoxy groups -OCH3 is 3. The summed E-state index contributed by atoms with van der Waals surface area (Å²) in [4.78, 5) is 31.8. The minimum atomic E-state index is -0.485. The normalized spacial score (nSPS) is 21.8. The van der Waals surface area contributed by atoms with E-state index in [9.17, 15) is 9.59 Å². The van der Waals surface area contributed by atoms with Crippen molar-refractivity contribution in [2.45, 2.75) is 50.0 Å². The van der Waals surface area contributed by atoms with Crippen molar-refractivity contribution in [1.29, 1.82) is 0 Å². The van der Waals surface area contributed by atoms with E-state index < -0.39 is 12.0 Å². The van der Waals surface area contributed by atoms with Crippen LogP contribution in [0.25, 0.3) is 0 Å². The van der Waals surface area contributed by atoms with Crippen LogP contribution in [-0.4, -0.2) is 51.1 Å². The fourth-order valence-corrected chi connectivity index (χ4v) is 7.56. The van der Waals surface area contributed by atoms with Crippen LogP contribution in [0.1, 0.15) is 55.7 Å². The molecule has 1 aliphatic carbocycles. The maximum Gasteiger partial charge on any atom is 0.228 e. The molecule has 2 saturated heterocycles. The zero-order valence-corrected chi connectivity index (χ0v) is 25.8. The molecule has 1 saturated carbocycles. The first-order valence-electron chi connectivity index (χ1n) is 15.1. The number of ether oxygens (including phenoxy) is 3. The monoisotopic (exact) mass is 602 g/mol. The number of carbonyl (C=O) groups excluding carboxylic acids is 2. The van der Waals surface area contributed by atoms with Gasteiger partial charge in [0.15, 0.2) is 11.5 Å². The van der Waals surface area contributed by atoms with Crippen molar-refractivity contribution in [3.8, 4) is 17.2 Å². The Morgan fingerprint density at radius 2 is 1.58 bits per heavy atom. The maximum absolute atomic E-state index is 14.4. The van der Waals surface area contributed by atoms with Gasteiger partial charge in [0.1, 0.15) is 5.75 Å². The molecule has 3 fully saturated rings. The molecule has 8 heteroatoms. The summed E-state index contributed by atoms with van der Waals surface area (Å²) in [6.45, 7) is 1.44. The highest BCUT2D eigenvalue weighted by Gasteiger charge is 2.52. The van der Waals surface area contributed by atoms with Crippen molar-refractivity contribution in [2.75, 3.05) is 39.3 Å². The summed E-state index contributed by atoms with van der Waals surface area (Å²) in [5.74, 6) is 2.11. The lowest BCUT2D eigenvalue weighted by atomic mass is 9.76.